The van der Waals surface area contributed by atoms with E-state index in [-0.39, 0.29) is 12.1 Å². The molecule has 1 unspecified atom stereocenters. The van der Waals surface area contributed by atoms with Crippen molar-refractivity contribution in [1.82, 2.24) is 10.2 Å². The van der Waals surface area contributed by atoms with E-state index in [0.717, 1.165) is 31.6 Å². The highest BCUT2D eigenvalue weighted by Crippen LogP contribution is 2.19. The van der Waals surface area contributed by atoms with Crippen molar-refractivity contribution in [2.24, 2.45) is 0 Å². The lowest BCUT2D eigenvalue weighted by atomic mass is 10.00. The predicted octanol–water partition coefficient (Wildman–Crippen LogP) is 1.68. The third-order valence-electron chi connectivity index (χ3n) is 4.38. The summed E-state index contributed by atoms with van der Waals surface area (Å²) in [6.07, 6.45) is 0.218. The van der Waals surface area contributed by atoms with Gasteiger partial charge in [-0.3, -0.25) is 9.69 Å². The number of nitrogens with zero attached hydrogens (tertiary/aromatic N) is 1. The molecule has 0 radical (unpaired) electrons. The molecule has 0 fully saturated rings. The number of amides is 1. The molecule has 3 rings (SSSR count). The SMILES string of the molecule is O=C(NCC(O)CN1CCc2ccccc2C1)c1ccc(F)cc1O. The minimum Gasteiger partial charge on any atom is -0.507 e. The van der Waals surface area contributed by atoms with Crippen LogP contribution in [0.3, 0.4) is 0 Å². The van der Waals surface area contributed by atoms with E-state index < -0.39 is 23.6 Å². The first-order valence-corrected chi connectivity index (χ1v) is 8.27. The molecular weight excluding hydrogens is 323 g/mol. The minimum absolute atomic E-state index is 0.0134. The molecule has 0 saturated carbocycles. The van der Waals surface area contributed by atoms with E-state index in [9.17, 15) is 19.4 Å². The molecule has 25 heavy (non-hydrogen) atoms. The molecule has 1 aliphatic heterocycles. The summed E-state index contributed by atoms with van der Waals surface area (Å²) in [7, 11) is 0. The molecule has 6 heteroatoms. The molecular formula is C19H21FN2O3. The monoisotopic (exact) mass is 344 g/mol. The summed E-state index contributed by atoms with van der Waals surface area (Å²) in [5.41, 5.74) is 2.59. The van der Waals surface area contributed by atoms with Crippen LogP contribution in [0.5, 0.6) is 5.75 Å². The second kappa shape index (κ2) is 7.63. The van der Waals surface area contributed by atoms with E-state index in [2.05, 4.69) is 22.3 Å². The lowest BCUT2D eigenvalue weighted by molar-refractivity contribution is 0.0839. The van der Waals surface area contributed by atoms with Crippen LogP contribution in [0.1, 0.15) is 21.5 Å². The van der Waals surface area contributed by atoms with Gasteiger partial charge in [-0.15, -0.1) is 0 Å². The number of hydrogen-bond acceptors (Lipinski definition) is 4. The van der Waals surface area contributed by atoms with Crippen LogP contribution in [-0.2, 0) is 13.0 Å². The summed E-state index contributed by atoms with van der Waals surface area (Å²) < 4.78 is 13.0. The number of β-amino-alcohol motifs (C(OH)–C–C–N with tert-alkyl or cyclic N) is 1. The fourth-order valence-electron chi connectivity index (χ4n) is 3.08. The number of halogens is 1. The molecule has 1 atom stereocenters. The van der Waals surface area contributed by atoms with Crippen molar-refractivity contribution in [1.29, 1.82) is 0 Å². The molecule has 132 valence electrons. The fraction of sp³-hybridized carbons (Fsp3) is 0.316. The van der Waals surface area contributed by atoms with Gasteiger partial charge in [0.2, 0.25) is 0 Å². The second-order valence-corrected chi connectivity index (χ2v) is 6.28. The zero-order chi connectivity index (χ0) is 17.8. The van der Waals surface area contributed by atoms with E-state index in [1.807, 2.05) is 12.1 Å². The molecule has 0 saturated heterocycles. The number of carbonyl (C=O) groups is 1. The van der Waals surface area contributed by atoms with Crippen LogP contribution in [-0.4, -0.2) is 46.8 Å². The quantitative estimate of drug-likeness (QED) is 0.772. The predicted molar refractivity (Wildman–Crippen MR) is 91.8 cm³/mol. The van der Waals surface area contributed by atoms with E-state index in [4.69, 9.17) is 0 Å². The van der Waals surface area contributed by atoms with Crippen LogP contribution < -0.4 is 5.32 Å². The molecule has 1 amide bonds. The Bertz CT molecular complexity index is 766. The first-order chi connectivity index (χ1) is 12.0. The number of hydrogen-bond donors (Lipinski definition) is 3. The van der Waals surface area contributed by atoms with Gasteiger partial charge >= 0.3 is 0 Å². The Hall–Kier alpha value is -2.44. The van der Waals surface area contributed by atoms with Crippen molar-refractivity contribution in [3.05, 3.63) is 65.0 Å². The standard InChI is InChI=1S/C19H21FN2O3/c20-15-5-6-17(18(24)9-15)19(25)21-10-16(23)12-22-8-7-13-3-1-2-4-14(13)11-22/h1-6,9,16,23-24H,7-8,10-12H2,(H,21,25). The van der Waals surface area contributed by atoms with Gasteiger partial charge in [-0.2, -0.15) is 0 Å². The van der Waals surface area contributed by atoms with E-state index in [1.165, 1.54) is 17.2 Å². The van der Waals surface area contributed by atoms with Crippen molar-refractivity contribution in [3.63, 3.8) is 0 Å². The summed E-state index contributed by atoms with van der Waals surface area (Å²) in [5.74, 6) is -1.57. The average Bonchev–Trinajstić information content (AvgIpc) is 2.59. The van der Waals surface area contributed by atoms with E-state index >= 15 is 0 Å². The first kappa shape index (κ1) is 17.4. The number of aliphatic hydroxyl groups is 1. The Labute approximate surface area is 145 Å². The minimum atomic E-state index is -0.725. The molecule has 0 aliphatic carbocycles. The highest BCUT2D eigenvalue weighted by molar-refractivity contribution is 5.96. The number of phenols is 1. The number of aliphatic hydroxyl groups excluding tert-OH is 1. The average molecular weight is 344 g/mol. The van der Waals surface area contributed by atoms with Crippen molar-refractivity contribution < 1.29 is 19.4 Å². The Morgan fingerprint density at radius 2 is 2.00 bits per heavy atom. The van der Waals surface area contributed by atoms with Crippen LogP contribution in [0.4, 0.5) is 4.39 Å². The summed E-state index contributed by atoms with van der Waals surface area (Å²) in [6.45, 7) is 2.15. The lowest BCUT2D eigenvalue weighted by Gasteiger charge is -2.30. The van der Waals surface area contributed by atoms with Crippen LogP contribution in [0.2, 0.25) is 0 Å². The molecule has 1 aliphatic rings. The summed E-state index contributed by atoms with van der Waals surface area (Å²) in [6, 6.07) is 11.5. The molecule has 2 aromatic carbocycles. The van der Waals surface area contributed by atoms with Gasteiger partial charge in [0.15, 0.2) is 0 Å². The third-order valence-corrected chi connectivity index (χ3v) is 4.38. The van der Waals surface area contributed by atoms with Crippen LogP contribution in [0.15, 0.2) is 42.5 Å². The van der Waals surface area contributed by atoms with Gasteiger partial charge in [-0.05, 0) is 29.7 Å². The maximum absolute atomic E-state index is 13.0. The van der Waals surface area contributed by atoms with Crippen molar-refractivity contribution in [3.8, 4) is 5.75 Å². The highest BCUT2D eigenvalue weighted by Gasteiger charge is 2.19. The molecule has 5 nitrogen and oxygen atoms in total. The van der Waals surface area contributed by atoms with E-state index in [1.54, 1.807) is 0 Å². The van der Waals surface area contributed by atoms with Crippen molar-refractivity contribution in [2.75, 3.05) is 19.6 Å². The second-order valence-electron chi connectivity index (χ2n) is 6.28. The zero-order valence-corrected chi connectivity index (χ0v) is 13.8. The first-order valence-electron chi connectivity index (χ1n) is 8.27. The van der Waals surface area contributed by atoms with Gasteiger partial charge in [0, 0.05) is 32.2 Å². The van der Waals surface area contributed by atoms with Crippen LogP contribution in [0, 0.1) is 5.82 Å². The Morgan fingerprint density at radius 3 is 2.76 bits per heavy atom. The van der Waals surface area contributed by atoms with Gasteiger partial charge in [0.05, 0.1) is 11.7 Å². The summed E-state index contributed by atoms with van der Waals surface area (Å²) in [4.78, 5) is 14.2. The van der Waals surface area contributed by atoms with Crippen molar-refractivity contribution in [2.45, 2.75) is 19.1 Å². The number of nitrogens with one attached hydrogen (secondary N) is 1. The maximum Gasteiger partial charge on any atom is 0.255 e. The number of carbonyl (C=O) groups excluding carboxylic acids is 1. The van der Waals surface area contributed by atoms with Gasteiger partial charge in [0.25, 0.3) is 5.91 Å². The smallest absolute Gasteiger partial charge is 0.255 e. The normalized spacial score (nSPS) is 15.4. The maximum atomic E-state index is 13.0. The van der Waals surface area contributed by atoms with Gasteiger partial charge < -0.3 is 15.5 Å². The summed E-state index contributed by atoms with van der Waals surface area (Å²) in [5, 5.41) is 22.4. The topological polar surface area (TPSA) is 72.8 Å². The molecule has 0 bridgehead atoms. The lowest BCUT2D eigenvalue weighted by Crippen LogP contribution is -2.42. The van der Waals surface area contributed by atoms with Gasteiger partial charge in [-0.1, -0.05) is 24.3 Å². The van der Waals surface area contributed by atoms with Crippen LogP contribution in [0.25, 0.3) is 0 Å². The molecule has 1 heterocycles. The number of aromatic hydroxyl groups is 1. The largest absolute Gasteiger partial charge is 0.507 e. The molecule has 3 N–H and O–H groups in total. The van der Waals surface area contributed by atoms with Crippen molar-refractivity contribution >= 4 is 5.91 Å². The molecule has 0 spiro atoms. The molecule has 0 aromatic heterocycles. The fourth-order valence-corrected chi connectivity index (χ4v) is 3.08. The summed E-state index contributed by atoms with van der Waals surface area (Å²) >= 11 is 0. The number of rotatable bonds is 5. The van der Waals surface area contributed by atoms with Gasteiger partial charge in [0.1, 0.15) is 11.6 Å². The Kier molecular flexibility index (Phi) is 5.31. The number of benzene rings is 2. The zero-order valence-electron chi connectivity index (χ0n) is 13.8. The van der Waals surface area contributed by atoms with Crippen LogP contribution >= 0.6 is 0 Å². The highest BCUT2D eigenvalue weighted by atomic mass is 19.1. The third kappa shape index (κ3) is 4.35. The Balaban J connectivity index is 1.50. The number of fused-ring (bicyclic) bond motifs is 1. The van der Waals surface area contributed by atoms with Gasteiger partial charge in [-0.25, -0.2) is 4.39 Å². The van der Waals surface area contributed by atoms with E-state index in [0.29, 0.717) is 6.54 Å². The number of phenolic OH excluding ortho intramolecular Hbond substituents is 1. The molecule has 2 aromatic rings. The Morgan fingerprint density at radius 1 is 1.24 bits per heavy atom.